The van der Waals surface area contributed by atoms with Crippen LogP contribution in [-0.2, 0) is 21.4 Å². The molecule has 0 aromatic heterocycles. The van der Waals surface area contributed by atoms with Crippen LogP contribution in [0.25, 0.3) is 0 Å². The van der Waals surface area contributed by atoms with Crippen molar-refractivity contribution in [3.63, 3.8) is 0 Å². The predicted octanol–water partition coefficient (Wildman–Crippen LogP) is 4.60. The molecular formula is C23H23BrN2O4S. The minimum absolute atomic E-state index is 0.0781. The van der Waals surface area contributed by atoms with Crippen molar-refractivity contribution >= 4 is 37.5 Å². The van der Waals surface area contributed by atoms with Crippen molar-refractivity contribution in [3.8, 4) is 5.75 Å². The Bertz CT molecular complexity index is 1130. The Morgan fingerprint density at radius 2 is 1.58 bits per heavy atom. The van der Waals surface area contributed by atoms with Gasteiger partial charge in [-0.1, -0.05) is 45.8 Å². The molecule has 0 spiro atoms. The zero-order chi connectivity index (χ0) is 22.4. The van der Waals surface area contributed by atoms with Crippen LogP contribution in [0.5, 0.6) is 5.75 Å². The highest BCUT2D eigenvalue weighted by atomic mass is 79.9. The number of halogens is 1. The second-order valence-electron chi connectivity index (χ2n) is 6.99. The first kappa shape index (κ1) is 23.0. The zero-order valence-electron chi connectivity index (χ0n) is 17.2. The third-order valence-electron chi connectivity index (χ3n) is 4.62. The molecule has 6 nitrogen and oxygen atoms in total. The summed E-state index contributed by atoms with van der Waals surface area (Å²) in [5.41, 5.74) is 2.42. The van der Waals surface area contributed by atoms with Gasteiger partial charge in [-0.3, -0.25) is 4.79 Å². The van der Waals surface area contributed by atoms with Crippen LogP contribution in [0, 0.1) is 6.92 Å². The number of anilines is 1. The Kier molecular flexibility index (Phi) is 7.48. The standard InChI is InChI=1S/C23H23BrN2O4S/c1-17-3-5-18(6-4-17)15-26(31(28,29)22-13-7-19(24)8-14-22)16-23(27)25-20-9-11-21(30-2)12-10-20/h3-14H,15-16H2,1-2H3,(H,25,27). The van der Waals surface area contributed by atoms with E-state index in [1.807, 2.05) is 31.2 Å². The maximum absolute atomic E-state index is 13.3. The van der Waals surface area contributed by atoms with Gasteiger partial charge in [0.05, 0.1) is 18.6 Å². The van der Waals surface area contributed by atoms with Crippen LogP contribution in [0.4, 0.5) is 5.69 Å². The Hall–Kier alpha value is -2.68. The number of methoxy groups -OCH3 is 1. The highest BCUT2D eigenvalue weighted by Crippen LogP contribution is 2.21. The number of ether oxygens (including phenoxy) is 1. The summed E-state index contributed by atoms with van der Waals surface area (Å²) in [7, 11) is -2.33. The molecule has 0 saturated heterocycles. The number of sulfonamides is 1. The van der Waals surface area contributed by atoms with E-state index in [1.54, 1.807) is 43.5 Å². The van der Waals surface area contributed by atoms with E-state index in [9.17, 15) is 13.2 Å². The number of carbonyl (C=O) groups is 1. The maximum atomic E-state index is 13.3. The number of hydrogen-bond donors (Lipinski definition) is 1. The molecule has 31 heavy (non-hydrogen) atoms. The van der Waals surface area contributed by atoms with E-state index in [2.05, 4.69) is 21.2 Å². The van der Waals surface area contributed by atoms with Gasteiger partial charge in [0, 0.05) is 16.7 Å². The second kappa shape index (κ2) is 10.1. The summed E-state index contributed by atoms with van der Waals surface area (Å²) in [6.07, 6.45) is 0. The van der Waals surface area contributed by atoms with Crippen molar-refractivity contribution in [2.24, 2.45) is 0 Å². The smallest absolute Gasteiger partial charge is 0.243 e. The van der Waals surface area contributed by atoms with Crippen LogP contribution < -0.4 is 10.1 Å². The lowest BCUT2D eigenvalue weighted by Crippen LogP contribution is -2.37. The average Bonchev–Trinajstić information content (AvgIpc) is 2.75. The van der Waals surface area contributed by atoms with E-state index in [-0.39, 0.29) is 18.0 Å². The molecule has 162 valence electrons. The quantitative estimate of drug-likeness (QED) is 0.488. The minimum Gasteiger partial charge on any atom is -0.497 e. The molecule has 0 unspecified atom stereocenters. The molecule has 1 amide bonds. The van der Waals surface area contributed by atoms with E-state index in [0.717, 1.165) is 15.6 Å². The van der Waals surface area contributed by atoms with Gasteiger partial charge < -0.3 is 10.1 Å². The van der Waals surface area contributed by atoms with Crippen molar-refractivity contribution in [3.05, 3.63) is 88.4 Å². The number of rotatable bonds is 8. The van der Waals surface area contributed by atoms with Crippen LogP contribution in [0.2, 0.25) is 0 Å². The first-order valence-corrected chi connectivity index (χ1v) is 11.8. The van der Waals surface area contributed by atoms with Crippen molar-refractivity contribution in [2.45, 2.75) is 18.4 Å². The summed E-state index contributed by atoms with van der Waals surface area (Å²) in [6.45, 7) is 1.72. The molecule has 0 aliphatic carbocycles. The number of hydrogen-bond acceptors (Lipinski definition) is 4. The lowest BCUT2D eigenvalue weighted by molar-refractivity contribution is -0.116. The molecule has 3 aromatic carbocycles. The van der Waals surface area contributed by atoms with Gasteiger partial charge in [-0.15, -0.1) is 0 Å². The van der Waals surface area contributed by atoms with E-state index in [0.29, 0.717) is 11.4 Å². The van der Waals surface area contributed by atoms with Gasteiger partial charge in [0.2, 0.25) is 15.9 Å². The summed E-state index contributed by atoms with van der Waals surface area (Å²) in [4.78, 5) is 12.8. The molecule has 0 heterocycles. The number of amides is 1. The topological polar surface area (TPSA) is 75.7 Å². The largest absolute Gasteiger partial charge is 0.497 e. The van der Waals surface area contributed by atoms with E-state index in [1.165, 1.54) is 16.4 Å². The molecular weight excluding hydrogens is 480 g/mol. The molecule has 0 aliphatic heterocycles. The lowest BCUT2D eigenvalue weighted by Gasteiger charge is -2.22. The molecule has 8 heteroatoms. The molecule has 0 fully saturated rings. The van der Waals surface area contributed by atoms with Gasteiger partial charge in [0.1, 0.15) is 5.75 Å². The van der Waals surface area contributed by atoms with Gasteiger partial charge in [0.25, 0.3) is 0 Å². The Balaban J connectivity index is 1.84. The summed E-state index contributed by atoms with van der Waals surface area (Å²) >= 11 is 3.32. The van der Waals surface area contributed by atoms with Crippen LogP contribution in [-0.4, -0.2) is 32.3 Å². The van der Waals surface area contributed by atoms with E-state index >= 15 is 0 Å². The lowest BCUT2D eigenvalue weighted by atomic mass is 10.1. The highest BCUT2D eigenvalue weighted by Gasteiger charge is 2.27. The Labute approximate surface area is 191 Å². The Morgan fingerprint density at radius 3 is 2.16 bits per heavy atom. The van der Waals surface area contributed by atoms with Crippen molar-refractivity contribution in [1.29, 1.82) is 0 Å². The second-order valence-corrected chi connectivity index (χ2v) is 9.84. The summed E-state index contributed by atoms with van der Waals surface area (Å²) in [5.74, 6) is 0.231. The molecule has 0 radical (unpaired) electrons. The van der Waals surface area contributed by atoms with Gasteiger partial charge in [0.15, 0.2) is 0 Å². The fourth-order valence-electron chi connectivity index (χ4n) is 2.91. The van der Waals surface area contributed by atoms with Crippen LogP contribution in [0.1, 0.15) is 11.1 Å². The molecule has 3 aromatic rings. The first-order chi connectivity index (χ1) is 14.8. The van der Waals surface area contributed by atoms with Crippen molar-refractivity contribution < 1.29 is 17.9 Å². The summed E-state index contributed by atoms with van der Waals surface area (Å²) in [5, 5.41) is 2.74. The fourth-order valence-corrected chi connectivity index (χ4v) is 4.56. The minimum atomic E-state index is -3.89. The fraction of sp³-hybridized carbons (Fsp3) is 0.174. The number of benzene rings is 3. The van der Waals surface area contributed by atoms with Gasteiger partial charge >= 0.3 is 0 Å². The molecule has 3 rings (SSSR count). The third-order valence-corrected chi connectivity index (χ3v) is 6.96. The van der Waals surface area contributed by atoms with Gasteiger partial charge in [-0.05, 0) is 61.0 Å². The maximum Gasteiger partial charge on any atom is 0.243 e. The molecule has 0 aliphatic rings. The highest BCUT2D eigenvalue weighted by molar-refractivity contribution is 9.10. The van der Waals surface area contributed by atoms with E-state index < -0.39 is 15.9 Å². The molecule has 1 N–H and O–H groups in total. The number of nitrogens with one attached hydrogen (secondary N) is 1. The summed E-state index contributed by atoms with van der Waals surface area (Å²) < 4.78 is 33.7. The summed E-state index contributed by atoms with van der Waals surface area (Å²) in [6, 6.07) is 20.7. The van der Waals surface area contributed by atoms with Gasteiger partial charge in [-0.25, -0.2) is 8.42 Å². The van der Waals surface area contributed by atoms with E-state index in [4.69, 9.17) is 4.74 Å². The van der Waals surface area contributed by atoms with Crippen LogP contribution >= 0.6 is 15.9 Å². The molecule has 0 atom stereocenters. The normalized spacial score (nSPS) is 11.4. The van der Waals surface area contributed by atoms with Crippen molar-refractivity contribution in [2.75, 3.05) is 19.0 Å². The van der Waals surface area contributed by atoms with Crippen LogP contribution in [0.15, 0.2) is 82.2 Å². The van der Waals surface area contributed by atoms with Crippen LogP contribution in [0.3, 0.4) is 0 Å². The van der Waals surface area contributed by atoms with Gasteiger partial charge in [-0.2, -0.15) is 4.31 Å². The number of nitrogens with zero attached hydrogens (tertiary/aromatic N) is 1. The third kappa shape index (κ3) is 6.16. The number of aryl methyl sites for hydroxylation is 1. The predicted molar refractivity (Wildman–Crippen MR) is 125 cm³/mol. The zero-order valence-corrected chi connectivity index (χ0v) is 19.6. The Morgan fingerprint density at radius 1 is 0.968 bits per heavy atom. The average molecular weight is 503 g/mol. The monoisotopic (exact) mass is 502 g/mol. The molecule has 0 bridgehead atoms. The first-order valence-electron chi connectivity index (χ1n) is 9.53. The molecule has 0 saturated carbocycles. The number of carbonyl (C=O) groups excluding carboxylic acids is 1. The SMILES string of the molecule is COc1ccc(NC(=O)CN(Cc2ccc(C)cc2)S(=O)(=O)c2ccc(Br)cc2)cc1. The van der Waals surface area contributed by atoms with Crippen molar-refractivity contribution in [1.82, 2.24) is 4.31 Å².